The van der Waals surface area contributed by atoms with Gasteiger partial charge in [-0.1, -0.05) is 28.1 Å². The summed E-state index contributed by atoms with van der Waals surface area (Å²) in [7, 11) is 0. The number of aryl methyl sites for hydroxylation is 1. The minimum absolute atomic E-state index is 0.0447. The highest BCUT2D eigenvalue weighted by molar-refractivity contribution is 9.10. The van der Waals surface area contributed by atoms with E-state index in [-0.39, 0.29) is 5.91 Å². The first-order chi connectivity index (χ1) is 10.1. The highest BCUT2D eigenvalue weighted by Gasteiger charge is 2.17. The summed E-state index contributed by atoms with van der Waals surface area (Å²) in [5, 5.41) is 6.38. The van der Waals surface area contributed by atoms with Gasteiger partial charge in [0.15, 0.2) is 0 Å². The van der Waals surface area contributed by atoms with Gasteiger partial charge in [0.05, 0.1) is 0 Å². The van der Waals surface area contributed by atoms with Gasteiger partial charge in [-0.2, -0.15) is 0 Å². The molecule has 0 spiro atoms. The van der Waals surface area contributed by atoms with Crippen molar-refractivity contribution in [1.82, 2.24) is 0 Å². The molecule has 1 heterocycles. The second-order valence-corrected chi connectivity index (χ2v) is 6.19. The number of carbonyl (C=O) groups excluding carboxylic acids is 1. The molecule has 0 fully saturated rings. The Morgan fingerprint density at radius 2 is 2.14 bits per heavy atom. The number of nitrogens with one attached hydrogen (secondary N) is 2. The molecule has 0 unspecified atom stereocenters. The summed E-state index contributed by atoms with van der Waals surface area (Å²) >= 11 is 3.44. The van der Waals surface area contributed by atoms with Crippen molar-refractivity contribution in [2.24, 2.45) is 0 Å². The van der Waals surface area contributed by atoms with Gasteiger partial charge in [0.1, 0.15) is 0 Å². The standard InChI is InChI=1S/C17H17BrN2O/c1-11-7-8-12(18)10-16(11)20-17(21)14-4-2-6-15-13(14)5-3-9-19-15/h2,4,6-8,10,19H,3,5,9H2,1H3,(H,20,21). The molecule has 21 heavy (non-hydrogen) atoms. The molecule has 1 amide bonds. The van der Waals surface area contributed by atoms with Crippen LogP contribution in [0.3, 0.4) is 0 Å². The monoisotopic (exact) mass is 344 g/mol. The molecule has 2 N–H and O–H groups in total. The van der Waals surface area contributed by atoms with E-state index in [1.54, 1.807) is 0 Å². The van der Waals surface area contributed by atoms with Crippen molar-refractivity contribution in [3.63, 3.8) is 0 Å². The van der Waals surface area contributed by atoms with E-state index in [4.69, 9.17) is 0 Å². The van der Waals surface area contributed by atoms with Crippen molar-refractivity contribution in [2.75, 3.05) is 17.2 Å². The molecule has 0 bridgehead atoms. The first-order valence-electron chi connectivity index (χ1n) is 7.08. The molecule has 0 radical (unpaired) electrons. The number of fused-ring (bicyclic) bond motifs is 1. The van der Waals surface area contributed by atoms with Gasteiger partial charge < -0.3 is 10.6 Å². The molecule has 4 heteroatoms. The zero-order valence-electron chi connectivity index (χ0n) is 11.9. The Balaban J connectivity index is 1.91. The predicted octanol–water partition coefficient (Wildman–Crippen LogP) is 4.37. The number of rotatable bonds is 2. The molecule has 0 saturated carbocycles. The van der Waals surface area contributed by atoms with Crippen LogP contribution in [0.5, 0.6) is 0 Å². The molecule has 0 aromatic heterocycles. The molecule has 1 aliphatic heterocycles. The minimum Gasteiger partial charge on any atom is -0.385 e. The summed E-state index contributed by atoms with van der Waals surface area (Å²) in [5.74, 6) is -0.0447. The smallest absolute Gasteiger partial charge is 0.256 e. The highest BCUT2D eigenvalue weighted by Crippen LogP contribution is 2.27. The number of amides is 1. The first kappa shape index (κ1) is 14.1. The molecule has 3 nitrogen and oxygen atoms in total. The number of hydrogen-bond donors (Lipinski definition) is 2. The van der Waals surface area contributed by atoms with E-state index in [0.717, 1.165) is 51.9 Å². The van der Waals surface area contributed by atoms with Crippen molar-refractivity contribution < 1.29 is 4.79 Å². The average molecular weight is 345 g/mol. The predicted molar refractivity (Wildman–Crippen MR) is 90.1 cm³/mol. The maximum Gasteiger partial charge on any atom is 0.256 e. The summed E-state index contributed by atoms with van der Waals surface area (Å²) in [6, 6.07) is 11.8. The molecular weight excluding hydrogens is 328 g/mol. The lowest BCUT2D eigenvalue weighted by molar-refractivity contribution is 0.102. The van der Waals surface area contributed by atoms with Crippen LogP contribution < -0.4 is 10.6 Å². The molecule has 0 aliphatic carbocycles. The normalized spacial score (nSPS) is 13.2. The lowest BCUT2D eigenvalue weighted by atomic mass is 9.97. The van der Waals surface area contributed by atoms with Crippen LogP contribution in [-0.2, 0) is 6.42 Å². The van der Waals surface area contributed by atoms with Crippen LogP contribution in [0, 0.1) is 6.92 Å². The summed E-state index contributed by atoms with van der Waals surface area (Å²) < 4.78 is 0.958. The summed E-state index contributed by atoms with van der Waals surface area (Å²) in [6.07, 6.45) is 2.01. The van der Waals surface area contributed by atoms with E-state index >= 15 is 0 Å². The van der Waals surface area contributed by atoms with Gasteiger partial charge in [-0.05, 0) is 55.2 Å². The molecule has 0 atom stereocenters. The second-order valence-electron chi connectivity index (χ2n) is 5.28. The van der Waals surface area contributed by atoms with E-state index in [9.17, 15) is 4.79 Å². The third kappa shape index (κ3) is 2.95. The fourth-order valence-corrected chi connectivity index (χ4v) is 3.00. The topological polar surface area (TPSA) is 41.1 Å². The number of carbonyl (C=O) groups is 1. The van der Waals surface area contributed by atoms with E-state index in [0.29, 0.717) is 0 Å². The zero-order chi connectivity index (χ0) is 14.8. The van der Waals surface area contributed by atoms with Gasteiger partial charge in [-0.3, -0.25) is 4.79 Å². The molecule has 2 aromatic carbocycles. The zero-order valence-corrected chi connectivity index (χ0v) is 13.5. The molecule has 2 aromatic rings. The van der Waals surface area contributed by atoms with Gasteiger partial charge in [-0.15, -0.1) is 0 Å². The molecule has 1 aliphatic rings. The molecule has 0 saturated heterocycles. The van der Waals surface area contributed by atoms with E-state index in [1.165, 1.54) is 0 Å². The van der Waals surface area contributed by atoms with Crippen LogP contribution in [0.2, 0.25) is 0 Å². The number of anilines is 2. The Bertz CT molecular complexity index is 697. The minimum atomic E-state index is -0.0447. The number of benzene rings is 2. The Morgan fingerprint density at radius 1 is 1.29 bits per heavy atom. The third-order valence-electron chi connectivity index (χ3n) is 3.79. The van der Waals surface area contributed by atoms with Crippen molar-refractivity contribution in [2.45, 2.75) is 19.8 Å². The molecule has 108 valence electrons. The van der Waals surface area contributed by atoms with E-state index in [1.807, 2.05) is 43.3 Å². The Kier molecular flexibility index (Phi) is 3.97. The fourth-order valence-electron chi connectivity index (χ4n) is 2.64. The molecule has 3 rings (SSSR count). The Morgan fingerprint density at radius 3 is 3.00 bits per heavy atom. The summed E-state index contributed by atoms with van der Waals surface area (Å²) in [6.45, 7) is 2.97. The van der Waals surface area contributed by atoms with Crippen LogP contribution in [0.4, 0.5) is 11.4 Å². The Hall–Kier alpha value is -1.81. The summed E-state index contributed by atoms with van der Waals surface area (Å²) in [5.41, 5.74) is 4.86. The van der Waals surface area contributed by atoms with Crippen molar-refractivity contribution in [1.29, 1.82) is 0 Å². The maximum atomic E-state index is 12.6. The van der Waals surface area contributed by atoms with E-state index in [2.05, 4.69) is 26.6 Å². The first-order valence-corrected chi connectivity index (χ1v) is 7.88. The average Bonchev–Trinajstić information content (AvgIpc) is 2.50. The number of hydrogen-bond acceptors (Lipinski definition) is 2. The number of halogens is 1. The quantitative estimate of drug-likeness (QED) is 0.849. The van der Waals surface area contributed by atoms with Crippen LogP contribution in [-0.4, -0.2) is 12.5 Å². The van der Waals surface area contributed by atoms with Gasteiger partial charge in [0.2, 0.25) is 0 Å². The lowest BCUT2D eigenvalue weighted by Gasteiger charge is -2.20. The maximum absolute atomic E-state index is 12.6. The van der Waals surface area contributed by atoms with Crippen LogP contribution in [0.15, 0.2) is 40.9 Å². The lowest BCUT2D eigenvalue weighted by Crippen LogP contribution is -2.19. The van der Waals surface area contributed by atoms with Crippen LogP contribution in [0.25, 0.3) is 0 Å². The van der Waals surface area contributed by atoms with Crippen molar-refractivity contribution in [3.05, 3.63) is 57.6 Å². The fraction of sp³-hybridized carbons (Fsp3) is 0.235. The van der Waals surface area contributed by atoms with Gasteiger partial charge in [0, 0.05) is 28.0 Å². The van der Waals surface area contributed by atoms with Gasteiger partial charge >= 0.3 is 0 Å². The SMILES string of the molecule is Cc1ccc(Br)cc1NC(=O)c1cccc2c1CCCN2. The Labute approximate surface area is 132 Å². The summed E-state index contributed by atoms with van der Waals surface area (Å²) in [4.78, 5) is 12.6. The van der Waals surface area contributed by atoms with Crippen LogP contribution >= 0.6 is 15.9 Å². The van der Waals surface area contributed by atoms with Crippen LogP contribution in [0.1, 0.15) is 27.9 Å². The van der Waals surface area contributed by atoms with Crippen molar-refractivity contribution >= 4 is 33.2 Å². The second kappa shape index (κ2) is 5.90. The van der Waals surface area contributed by atoms with Gasteiger partial charge in [-0.25, -0.2) is 0 Å². The largest absolute Gasteiger partial charge is 0.385 e. The third-order valence-corrected chi connectivity index (χ3v) is 4.28. The molecular formula is C17H17BrN2O. The highest BCUT2D eigenvalue weighted by atomic mass is 79.9. The van der Waals surface area contributed by atoms with Crippen molar-refractivity contribution in [3.8, 4) is 0 Å². The van der Waals surface area contributed by atoms with Gasteiger partial charge in [0.25, 0.3) is 5.91 Å². The van der Waals surface area contributed by atoms with E-state index < -0.39 is 0 Å².